The first-order valence-electron chi connectivity index (χ1n) is 10.6. The van der Waals surface area contributed by atoms with E-state index in [1.165, 1.54) is 12.1 Å². The lowest BCUT2D eigenvalue weighted by Gasteiger charge is -2.38. The predicted octanol–water partition coefficient (Wildman–Crippen LogP) is 3.09. The van der Waals surface area contributed by atoms with Crippen molar-refractivity contribution in [2.45, 2.75) is 26.8 Å². The molecule has 1 aromatic heterocycles. The molecule has 2 amide bonds. The molecule has 1 saturated heterocycles. The third kappa shape index (κ3) is 4.93. The van der Waals surface area contributed by atoms with Gasteiger partial charge in [0.25, 0.3) is 0 Å². The molecule has 1 unspecified atom stereocenters. The lowest BCUT2D eigenvalue weighted by atomic mass is 9.78. The average molecular weight is 449 g/mol. The highest BCUT2D eigenvalue weighted by Gasteiger charge is 2.37. The number of rotatable bonds is 5. The Morgan fingerprint density at radius 2 is 1.79 bits per heavy atom. The van der Waals surface area contributed by atoms with Crippen molar-refractivity contribution in [2.75, 3.05) is 31.1 Å². The minimum atomic E-state index is -1.01. The van der Waals surface area contributed by atoms with E-state index in [-0.39, 0.29) is 22.9 Å². The summed E-state index contributed by atoms with van der Waals surface area (Å²) >= 11 is 0. The molecule has 3 rings (SSSR count). The quantitative estimate of drug-likeness (QED) is 0.704. The van der Waals surface area contributed by atoms with Gasteiger partial charge in [-0.05, 0) is 37.3 Å². The number of urea groups is 1. The van der Waals surface area contributed by atoms with Crippen LogP contribution in [0, 0.1) is 33.9 Å². The molecule has 1 fully saturated rings. The number of benzene rings is 1. The highest BCUT2D eigenvalue weighted by molar-refractivity contribution is 6.01. The van der Waals surface area contributed by atoms with Gasteiger partial charge in [-0.25, -0.2) is 14.2 Å². The summed E-state index contributed by atoms with van der Waals surface area (Å²) in [5.41, 5.74) is -0.496. The van der Waals surface area contributed by atoms with Crippen LogP contribution >= 0.6 is 0 Å². The second-order valence-corrected chi connectivity index (χ2v) is 8.49. The summed E-state index contributed by atoms with van der Waals surface area (Å²) in [6.07, 6.45) is 1.63. The lowest BCUT2D eigenvalue weighted by Crippen LogP contribution is -2.56. The number of halogens is 1. The molecule has 9 heteroatoms. The van der Waals surface area contributed by atoms with E-state index < -0.39 is 17.3 Å². The van der Waals surface area contributed by atoms with E-state index >= 15 is 0 Å². The van der Waals surface area contributed by atoms with Gasteiger partial charge in [0.1, 0.15) is 23.8 Å². The normalized spacial score (nSPS) is 14.7. The number of Topliss-reactive ketones (excluding diaryl/α,β-unsaturated/α-hetero) is 1. The lowest BCUT2D eigenvalue weighted by molar-refractivity contribution is 0.0790. The molecule has 0 aliphatic carbocycles. The van der Waals surface area contributed by atoms with E-state index in [4.69, 9.17) is 5.26 Å². The Morgan fingerprint density at radius 3 is 2.39 bits per heavy atom. The molecule has 0 saturated carbocycles. The van der Waals surface area contributed by atoms with Gasteiger partial charge >= 0.3 is 6.03 Å². The van der Waals surface area contributed by atoms with Crippen LogP contribution in [0.3, 0.4) is 0 Å². The Hall–Kier alpha value is -3.98. The summed E-state index contributed by atoms with van der Waals surface area (Å²) in [5.74, 6) is -0.473. The second kappa shape index (κ2) is 9.66. The van der Waals surface area contributed by atoms with Crippen molar-refractivity contribution in [3.05, 3.63) is 59.0 Å². The minimum Gasteiger partial charge on any atom is -0.352 e. The number of pyridine rings is 1. The van der Waals surface area contributed by atoms with E-state index in [2.05, 4.69) is 16.4 Å². The first-order valence-corrected chi connectivity index (χ1v) is 10.6. The summed E-state index contributed by atoms with van der Waals surface area (Å²) in [7, 11) is 0. The Bertz CT molecular complexity index is 1140. The Labute approximate surface area is 192 Å². The number of nitrogens with zero attached hydrogens (tertiary/aromatic N) is 5. The van der Waals surface area contributed by atoms with Crippen molar-refractivity contribution < 1.29 is 14.0 Å². The maximum Gasteiger partial charge on any atom is 0.317 e. The van der Waals surface area contributed by atoms with Gasteiger partial charge in [0.15, 0.2) is 5.78 Å². The number of anilines is 1. The van der Waals surface area contributed by atoms with E-state index in [1.807, 2.05) is 4.90 Å². The second-order valence-electron chi connectivity index (χ2n) is 8.49. The fourth-order valence-corrected chi connectivity index (χ4v) is 3.63. The highest BCUT2D eigenvalue weighted by Crippen LogP contribution is 2.27. The molecule has 8 nitrogen and oxygen atoms in total. The standard InChI is InChI=1S/C24H25FN6O2/c1-16(24(2,3)21(32)17-6-7-18(14-26)20(25)13-17)29-23(33)31-11-9-30(10-12-31)22-19(15-27)5-4-8-28-22/h4-8,13,16H,9-12H2,1-3H3,(H,29,33). The van der Waals surface area contributed by atoms with Gasteiger partial charge in [-0.2, -0.15) is 10.5 Å². The van der Waals surface area contributed by atoms with Crippen molar-refractivity contribution in [1.29, 1.82) is 10.5 Å². The molecule has 2 aromatic rings. The van der Waals surface area contributed by atoms with Gasteiger partial charge in [0.05, 0.1) is 11.1 Å². The highest BCUT2D eigenvalue weighted by atomic mass is 19.1. The van der Waals surface area contributed by atoms with E-state index in [1.54, 1.807) is 50.1 Å². The molecule has 1 aromatic carbocycles. The summed E-state index contributed by atoms with van der Waals surface area (Å²) in [6, 6.07) is 10.2. The van der Waals surface area contributed by atoms with Crippen molar-refractivity contribution in [3.63, 3.8) is 0 Å². The van der Waals surface area contributed by atoms with Crippen LogP contribution in [0.15, 0.2) is 36.5 Å². The summed E-state index contributed by atoms with van der Waals surface area (Å²) < 4.78 is 14.0. The number of aromatic nitrogens is 1. The van der Waals surface area contributed by atoms with E-state index in [0.29, 0.717) is 37.6 Å². The molecular formula is C24H25FN6O2. The summed E-state index contributed by atoms with van der Waals surface area (Å²) in [4.78, 5) is 33.8. The molecule has 1 aliphatic heterocycles. The zero-order valence-corrected chi connectivity index (χ0v) is 18.8. The maximum atomic E-state index is 14.0. The predicted molar refractivity (Wildman–Crippen MR) is 120 cm³/mol. The van der Waals surface area contributed by atoms with Crippen LogP contribution in [-0.2, 0) is 0 Å². The van der Waals surface area contributed by atoms with Crippen LogP contribution in [0.4, 0.5) is 15.0 Å². The molecule has 0 spiro atoms. The van der Waals surface area contributed by atoms with Crippen LogP contribution in [0.25, 0.3) is 0 Å². The van der Waals surface area contributed by atoms with Gasteiger partial charge in [0.2, 0.25) is 0 Å². The van der Waals surface area contributed by atoms with Gasteiger partial charge in [-0.3, -0.25) is 4.79 Å². The number of carbonyl (C=O) groups excluding carboxylic acids is 2. The van der Waals surface area contributed by atoms with Crippen LogP contribution in [-0.4, -0.2) is 53.9 Å². The van der Waals surface area contributed by atoms with E-state index in [0.717, 1.165) is 6.07 Å². The first kappa shape index (κ1) is 23.7. The van der Waals surface area contributed by atoms with Crippen molar-refractivity contribution in [1.82, 2.24) is 15.2 Å². The number of nitriles is 2. The van der Waals surface area contributed by atoms with Crippen molar-refractivity contribution >= 4 is 17.6 Å². The van der Waals surface area contributed by atoms with Crippen LogP contribution in [0.2, 0.25) is 0 Å². The third-order valence-electron chi connectivity index (χ3n) is 6.13. The minimum absolute atomic E-state index is 0.127. The number of amides is 2. The fraction of sp³-hybridized carbons (Fsp3) is 0.375. The zero-order chi connectivity index (χ0) is 24.2. The monoisotopic (exact) mass is 448 g/mol. The summed E-state index contributed by atoms with van der Waals surface area (Å²) in [5, 5.41) is 21.0. The largest absolute Gasteiger partial charge is 0.352 e. The Balaban J connectivity index is 1.62. The average Bonchev–Trinajstić information content (AvgIpc) is 2.83. The number of nitrogens with one attached hydrogen (secondary N) is 1. The molecule has 0 bridgehead atoms. The molecule has 1 atom stereocenters. The molecule has 2 heterocycles. The molecular weight excluding hydrogens is 423 g/mol. The molecule has 0 radical (unpaired) electrons. The number of hydrogen-bond acceptors (Lipinski definition) is 6. The summed E-state index contributed by atoms with van der Waals surface area (Å²) in [6.45, 7) is 7.06. The number of piperazine rings is 1. The molecule has 170 valence electrons. The molecule has 1 N–H and O–H groups in total. The van der Waals surface area contributed by atoms with Gasteiger partial charge in [-0.1, -0.05) is 13.8 Å². The van der Waals surface area contributed by atoms with Gasteiger partial charge in [-0.15, -0.1) is 0 Å². The van der Waals surface area contributed by atoms with E-state index in [9.17, 15) is 19.2 Å². The smallest absolute Gasteiger partial charge is 0.317 e. The van der Waals surface area contributed by atoms with Crippen LogP contribution in [0.5, 0.6) is 0 Å². The fourth-order valence-electron chi connectivity index (χ4n) is 3.63. The van der Waals surface area contributed by atoms with Crippen LogP contribution < -0.4 is 10.2 Å². The number of hydrogen-bond donors (Lipinski definition) is 1. The van der Waals surface area contributed by atoms with Gasteiger partial charge < -0.3 is 15.1 Å². The van der Waals surface area contributed by atoms with Crippen molar-refractivity contribution in [3.8, 4) is 12.1 Å². The number of carbonyl (C=O) groups is 2. The zero-order valence-electron chi connectivity index (χ0n) is 18.8. The van der Waals surface area contributed by atoms with Crippen molar-refractivity contribution in [2.24, 2.45) is 5.41 Å². The molecule has 1 aliphatic rings. The Kier molecular flexibility index (Phi) is 6.93. The first-order chi connectivity index (χ1) is 15.7. The SMILES string of the molecule is CC(NC(=O)N1CCN(c2ncccc2C#N)CC1)C(C)(C)C(=O)c1ccc(C#N)c(F)c1. The maximum absolute atomic E-state index is 14.0. The number of ketones is 1. The van der Waals surface area contributed by atoms with Gasteiger partial charge in [0, 0.05) is 49.4 Å². The Morgan fingerprint density at radius 1 is 1.12 bits per heavy atom. The van der Waals surface area contributed by atoms with Crippen LogP contribution in [0.1, 0.15) is 42.3 Å². The molecule has 33 heavy (non-hydrogen) atoms. The third-order valence-corrected chi connectivity index (χ3v) is 6.13. The topological polar surface area (TPSA) is 113 Å².